The number of piperidine rings is 1. The van der Waals surface area contributed by atoms with Crippen LogP contribution < -0.4 is 15.4 Å². The highest BCUT2D eigenvalue weighted by atomic mass is 16.6. The monoisotopic (exact) mass is 555 g/mol. The fraction of sp³-hybridized carbons (Fsp3) is 0.406. The highest BCUT2D eigenvalue weighted by molar-refractivity contribution is 5.78. The van der Waals surface area contributed by atoms with Crippen LogP contribution in [0.15, 0.2) is 66.7 Å². The Kier molecular flexibility index (Phi) is 8.04. The average molecular weight is 556 g/mol. The van der Waals surface area contributed by atoms with Crippen LogP contribution in [0.1, 0.15) is 48.5 Å². The number of cyclic esters (lactones) is 1. The van der Waals surface area contributed by atoms with E-state index in [-0.39, 0.29) is 30.7 Å². The zero-order valence-corrected chi connectivity index (χ0v) is 23.4. The number of ether oxygens (including phenoxy) is 2. The summed E-state index contributed by atoms with van der Waals surface area (Å²) in [6.07, 6.45) is 3.78. The van der Waals surface area contributed by atoms with E-state index in [1.54, 1.807) is 0 Å². The van der Waals surface area contributed by atoms with E-state index < -0.39 is 0 Å². The predicted octanol–water partition coefficient (Wildman–Crippen LogP) is 4.95. The van der Waals surface area contributed by atoms with Gasteiger partial charge in [-0.3, -0.25) is 14.6 Å². The number of carbonyl (C=O) groups excluding carboxylic acids is 2. The summed E-state index contributed by atoms with van der Waals surface area (Å²) in [6, 6.07) is 22.4. The van der Waals surface area contributed by atoms with E-state index in [2.05, 4.69) is 33.7 Å². The van der Waals surface area contributed by atoms with Crippen LogP contribution in [-0.2, 0) is 16.1 Å². The van der Waals surface area contributed by atoms with Crippen LogP contribution in [0, 0.1) is 6.92 Å². The van der Waals surface area contributed by atoms with Crippen LogP contribution in [0.3, 0.4) is 0 Å². The van der Waals surface area contributed by atoms with Gasteiger partial charge in [-0.15, -0.1) is 0 Å². The van der Waals surface area contributed by atoms with Crippen molar-refractivity contribution in [1.82, 2.24) is 20.1 Å². The van der Waals surface area contributed by atoms with Crippen molar-refractivity contribution in [3.8, 4) is 5.75 Å². The SMILES string of the molecule is Cc1nc(Nc2ccc(OCC(=O)NC3CC3)cc2)ccc1CN1CCC(N2C(=O)OCC2c2ccccc2)CC1. The van der Waals surface area contributed by atoms with E-state index >= 15 is 0 Å². The standard InChI is InChI=1S/C32H37N5O4/c1-22-24(7-14-30(33-22)34-25-10-12-28(13-11-25)40-21-31(38)35-26-8-9-26)19-36-17-15-27(16-18-36)37-29(20-41-32(37)39)23-5-3-2-4-6-23/h2-7,10-14,26-27,29H,8-9,15-21H2,1H3,(H,33,34)(H,35,38). The van der Waals surface area contributed by atoms with Crippen LogP contribution >= 0.6 is 0 Å². The van der Waals surface area contributed by atoms with Gasteiger partial charge in [0.05, 0.1) is 6.04 Å². The van der Waals surface area contributed by atoms with Crippen molar-refractivity contribution in [1.29, 1.82) is 0 Å². The Labute approximate surface area is 240 Å². The number of pyridine rings is 1. The van der Waals surface area contributed by atoms with Gasteiger partial charge in [0.15, 0.2) is 6.61 Å². The second-order valence-electron chi connectivity index (χ2n) is 11.1. The van der Waals surface area contributed by atoms with Gasteiger partial charge in [-0.1, -0.05) is 36.4 Å². The molecule has 2 aromatic carbocycles. The maximum atomic E-state index is 12.6. The molecule has 1 atom stereocenters. The van der Waals surface area contributed by atoms with Gasteiger partial charge in [0.25, 0.3) is 5.91 Å². The lowest BCUT2D eigenvalue weighted by Gasteiger charge is -2.38. The van der Waals surface area contributed by atoms with Gasteiger partial charge in [0, 0.05) is 43.1 Å². The van der Waals surface area contributed by atoms with Crippen molar-refractivity contribution >= 4 is 23.5 Å². The zero-order chi connectivity index (χ0) is 28.2. The Morgan fingerprint density at radius 3 is 2.46 bits per heavy atom. The number of anilines is 2. The smallest absolute Gasteiger partial charge is 0.410 e. The Morgan fingerprint density at radius 1 is 1.00 bits per heavy atom. The number of aromatic nitrogens is 1. The number of nitrogens with one attached hydrogen (secondary N) is 2. The number of rotatable bonds is 10. The van der Waals surface area contributed by atoms with E-state index in [4.69, 9.17) is 14.5 Å². The van der Waals surface area contributed by atoms with Crippen molar-refractivity contribution in [3.63, 3.8) is 0 Å². The van der Waals surface area contributed by atoms with Crippen LogP contribution in [0.5, 0.6) is 5.75 Å². The second-order valence-corrected chi connectivity index (χ2v) is 11.1. The molecule has 2 aliphatic heterocycles. The summed E-state index contributed by atoms with van der Waals surface area (Å²) in [7, 11) is 0. The molecule has 2 N–H and O–H groups in total. The molecule has 3 heterocycles. The third kappa shape index (κ3) is 6.79. The fourth-order valence-corrected chi connectivity index (χ4v) is 5.62. The summed E-state index contributed by atoms with van der Waals surface area (Å²) >= 11 is 0. The van der Waals surface area contributed by atoms with Gasteiger partial charge in [-0.05, 0) is 74.1 Å². The van der Waals surface area contributed by atoms with Gasteiger partial charge < -0.3 is 20.1 Å². The number of nitrogens with zero attached hydrogens (tertiary/aromatic N) is 3. The average Bonchev–Trinajstić information content (AvgIpc) is 3.72. The molecule has 3 fully saturated rings. The number of benzene rings is 2. The molecular formula is C32H37N5O4. The lowest BCUT2D eigenvalue weighted by atomic mass is 9.98. The molecule has 3 aliphatic rings. The van der Waals surface area contributed by atoms with E-state index in [1.165, 1.54) is 5.56 Å². The van der Waals surface area contributed by atoms with E-state index in [9.17, 15) is 9.59 Å². The normalized spacial score (nSPS) is 19.6. The maximum absolute atomic E-state index is 12.6. The van der Waals surface area contributed by atoms with E-state index in [0.717, 1.165) is 68.1 Å². The first-order chi connectivity index (χ1) is 20.0. The molecule has 2 amide bonds. The van der Waals surface area contributed by atoms with Crippen molar-refractivity contribution in [2.24, 2.45) is 0 Å². The number of hydrogen-bond donors (Lipinski definition) is 2. The summed E-state index contributed by atoms with van der Waals surface area (Å²) in [5, 5.41) is 6.27. The van der Waals surface area contributed by atoms with Crippen LogP contribution in [0.25, 0.3) is 0 Å². The van der Waals surface area contributed by atoms with Gasteiger partial charge in [0.1, 0.15) is 18.2 Å². The molecule has 0 bridgehead atoms. The molecule has 1 saturated carbocycles. The number of hydrogen-bond acceptors (Lipinski definition) is 7. The van der Waals surface area contributed by atoms with Crippen LogP contribution in [0.4, 0.5) is 16.3 Å². The summed E-state index contributed by atoms with van der Waals surface area (Å²) in [5.74, 6) is 1.36. The van der Waals surface area contributed by atoms with Gasteiger partial charge in [0.2, 0.25) is 0 Å². The topological polar surface area (TPSA) is 96.0 Å². The van der Waals surface area contributed by atoms with Gasteiger partial charge in [-0.25, -0.2) is 9.78 Å². The maximum Gasteiger partial charge on any atom is 0.410 e. The minimum absolute atomic E-state index is 0.00563. The molecule has 9 nitrogen and oxygen atoms in total. The number of amides is 2. The molecule has 2 saturated heterocycles. The molecule has 6 rings (SSSR count). The molecular weight excluding hydrogens is 518 g/mol. The Balaban J connectivity index is 0.988. The van der Waals surface area contributed by atoms with Gasteiger partial charge >= 0.3 is 6.09 Å². The lowest BCUT2D eigenvalue weighted by Crippen LogP contribution is -2.46. The minimum atomic E-state index is -0.195. The van der Waals surface area contributed by atoms with Crippen molar-refractivity contribution in [2.75, 3.05) is 31.6 Å². The quantitative estimate of drug-likeness (QED) is 0.366. The summed E-state index contributed by atoms with van der Waals surface area (Å²) in [5.41, 5.74) is 4.22. The molecule has 9 heteroatoms. The third-order valence-corrected chi connectivity index (χ3v) is 8.07. The first-order valence-corrected chi connectivity index (χ1v) is 14.5. The molecule has 1 aliphatic carbocycles. The molecule has 0 spiro atoms. The Hall–Kier alpha value is -4.11. The molecule has 1 aromatic heterocycles. The summed E-state index contributed by atoms with van der Waals surface area (Å²) < 4.78 is 11.0. The molecule has 1 unspecified atom stereocenters. The first kappa shape index (κ1) is 27.1. The Morgan fingerprint density at radius 2 is 1.76 bits per heavy atom. The highest BCUT2D eigenvalue weighted by Gasteiger charge is 2.40. The van der Waals surface area contributed by atoms with Crippen LogP contribution in [-0.4, -0.2) is 65.2 Å². The minimum Gasteiger partial charge on any atom is -0.484 e. The molecule has 3 aromatic rings. The summed E-state index contributed by atoms with van der Waals surface area (Å²) in [4.78, 5) is 33.6. The number of likely N-dealkylation sites (tertiary alicyclic amines) is 1. The zero-order valence-electron chi connectivity index (χ0n) is 23.4. The predicted molar refractivity (Wildman–Crippen MR) is 156 cm³/mol. The molecule has 214 valence electrons. The lowest BCUT2D eigenvalue weighted by molar-refractivity contribution is -0.123. The molecule has 41 heavy (non-hydrogen) atoms. The van der Waals surface area contributed by atoms with E-state index in [0.29, 0.717) is 18.4 Å². The third-order valence-electron chi connectivity index (χ3n) is 8.07. The second kappa shape index (κ2) is 12.2. The Bertz CT molecular complexity index is 1350. The largest absolute Gasteiger partial charge is 0.484 e. The highest BCUT2D eigenvalue weighted by Crippen LogP contribution is 2.33. The molecule has 0 radical (unpaired) electrons. The van der Waals surface area contributed by atoms with E-state index in [1.807, 2.05) is 60.4 Å². The van der Waals surface area contributed by atoms with Crippen molar-refractivity contribution in [2.45, 2.75) is 57.3 Å². The van der Waals surface area contributed by atoms with Gasteiger partial charge in [-0.2, -0.15) is 0 Å². The fourth-order valence-electron chi connectivity index (χ4n) is 5.62. The van der Waals surface area contributed by atoms with Crippen molar-refractivity contribution in [3.05, 3.63) is 83.6 Å². The number of carbonyl (C=O) groups is 2. The van der Waals surface area contributed by atoms with Crippen LogP contribution in [0.2, 0.25) is 0 Å². The van der Waals surface area contributed by atoms with Crippen molar-refractivity contribution < 1.29 is 19.1 Å². The number of aryl methyl sites for hydroxylation is 1. The first-order valence-electron chi connectivity index (χ1n) is 14.5. The summed E-state index contributed by atoms with van der Waals surface area (Å²) in [6.45, 7) is 5.17.